The summed E-state index contributed by atoms with van der Waals surface area (Å²) in [4.78, 5) is 24.9. The van der Waals surface area contributed by atoms with Crippen LogP contribution in [0.4, 0.5) is 5.69 Å². The number of carbonyl (C=O) groups excluding carboxylic acids is 2. The highest BCUT2D eigenvalue weighted by Crippen LogP contribution is 2.28. The minimum absolute atomic E-state index is 0.268. The number of carbonyl (C=O) groups is 2. The molecular formula is C22H20N2O3. The van der Waals surface area contributed by atoms with Crippen molar-refractivity contribution < 1.29 is 14.3 Å². The fraction of sp³-hybridized carbons (Fsp3) is 0.0909. The largest absolute Gasteiger partial charge is 0.496 e. The molecule has 0 unspecified atom stereocenters. The van der Waals surface area contributed by atoms with E-state index in [1.54, 1.807) is 43.4 Å². The molecule has 2 amide bonds. The van der Waals surface area contributed by atoms with E-state index in [0.29, 0.717) is 22.6 Å². The fourth-order valence-electron chi connectivity index (χ4n) is 2.81. The smallest absolute Gasteiger partial charge is 0.259 e. The third-order valence-electron chi connectivity index (χ3n) is 4.20. The van der Waals surface area contributed by atoms with Crippen LogP contribution in [0.5, 0.6) is 5.75 Å². The molecule has 3 rings (SSSR count). The number of benzene rings is 3. The molecule has 3 aromatic rings. The van der Waals surface area contributed by atoms with E-state index in [1.807, 2.05) is 36.4 Å². The van der Waals surface area contributed by atoms with Crippen molar-refractivity contribution in [3.63, 3.8) is 0 Å². The molecule has 0 spiro atoms. The van der Waals surface area contributed by atoms with Crippen LogP contribution in [0.25, 0.3) is 11.1 Å². The Hall–Kier alpha value is -3.60. The summed E-state index contributed by atoms with van der Waals surface area (Å²) in [5.41, 5.74) is 3.13. The van der Waals surface area contributed by atoms with E-state index >= 15 is 0 Å². The molecule has 0 aliphatic carbocycles. The van der Waals surface area contributed by atoms with Gasteiger partial charge < -0.3 is 15.4 Å². The lowest BCUT2D eigenvalue weighted by atomic mass is 10.0. The van der Waals surface area contributed by atoms with E-state index in [2.05, 4.69) is 10.6 Å². The van der Waals surface area contributed by atoms with Crippen molar-refractivity contribution in [3.05, 3.63) is 83.9 Å². The number of rotatable bonds is 5. The first-order valence-corrected chi connectivity index (χ1v) is 8.50. The first kappa shape index (κ1) is 18.2. The highest BCUT2D eigenvalue weighted by Gasteiger charge is 2.17. The number of ether oxygens (including phenoxy) is 1. The van der Waals surface area contributed by atoms with Gasteiger partial charge in [-0.05, 0) is 35.4 Å². The van der Waals surface area contributed by atoms with Gasteiger partial charge in [-0.25, -0.2) is 0 Å². The molecule has 136 valence electrons. The summed E-state index contributed by atoms with van der Waals surface area (Å²) in [5.74, 6) is -0.151. The molecule has 0 aromatic heterocycles. The van der Waals surface area contributed by atoms with Crippen molar-refractivity contribution in [2.45, 2.75) is 0 Å². The van der Waals surface area contributed by atoms with Gasteiger partial charge in [-0.1, -0.05) is 48.5 Å². The van der Waals surface area contributed by atoms with Crippen LogP contribution in [0, 0.1) is 0 Å². The molecule has 3 aromatic carbocycles. The summed E-state index contributed by atoms with van der Waals surface area (Å²) >= 11 is 0. The van der Waals surface area contributed by atoms with Gasteiger partial charge in [0.05, 0.1) is 23.9 Å². The SMILES string of the molecule is CNC(=O)c1ccccc1NC(=O)c1cc(-c2ccccc2)ccc1OC. The summed E-state index contributed by atoms with van der Waals surface area (Å²) in [7, 11) is 3.07. The van der Waals surface area contributed by atoms with Crippen LogP contribution in [-0.4, -0.2) is 26.0 Å². The van der Waals surface area contributed by atoms with Gasteiger partial charge in [0.2, 0.25) is 0 Å². The van der Waals surface area contributed by atoms with Gasteiger partial charge in [0.25, 0.3) is 11.8 Å². The first-order chi connectivity index (χ1) is 13.1. The number of methoxy groups -OCH3 is 1. The van der Waals surface area contributed by atoms with Crippen molar-refractivity contribution in [2.24, 2.45) is 0 Å². The van der Waals surface area contributed by atoms with Gasteiger partial charge >= 0.3 is 0 Å². The minimum atomic E-state index is -0.346. The number of anilines is 1. The molecule has 0 heterocycles. The highest BCUT2D eigenvalue weighted by atomic mass is 16.5. The van der Waals surface area contributed by atoms with Crippen LogP contribution in [0.2, 0.25) is 0 Å². The fourth-order valence-corrected chi connectivity index (χ4v) is 2.81. The number of hydrogen-bond acceptors (Lipinski definition) is 3. The Morgan fingerprint density at radius 1 is 0.778 bits per heavy atom. The molecule has 0 aliphatic rings. The summed E-state index contributed by atoms with van der Waals surface area (Å²) in [6, 6.07) is 22.1. The van der Waals surface area contributed by atoms with Crippen molar-refractivity contribution in [1.29, 1.82) is 0 Å². The maximum Gasteiger partial charge on any atom is 0.259 e. The van der Waals surface area contributed by atoms with Crippen molar-refractivity contribution >= 4 is 17.5 Å². The summed E-state index contributed by atoms with van der Waals surface area (Å²) < 4.78 is 5.35. The van der Waals surface area contributed by atoms with E-state index in [4.69, 9.17) is 4.74 Å². The van der Waals surface area contributed by atoms with E-state index in [0.717, 1.165) is 11.1 Å². The molecule has 2 N–H and O–H groups in total. The van der Waals surface area contributed by atoms with Crippen molar-refractivity contribution in [3.8, 4) is 16.9 Å². The summed E-state index contributed by atoms with van der Waals surface area (Å²) in [6.07, 6.45) is 0. The standard InChI is InChI=1S/C22H20N2O3/c1-23-21(25)17-10-6-7-11-19(17)24-22(26)18-14-16(12-13-20(18)27-2)15-8-4-3-5-9-15/h3-14H,1-2H3,(H,23,25)(H,24,26). The second-order valence-electron chi connectivity index (χ2n) is 5.86. The van der Waals surface area contributed by atoms with Crippen LogP contribution in [0.1, 0.15) is 20.7 Å². The predicted octanol–water partition coefficient (Wildman–Crippen LogP) is 3.97. The van der Waals surface area contributed by atoms with Crippen LogP contribution >= 0.6 is 0 Å². The maximum absolute atomic E-state index is 12.9. The second-order valence-corrected chi connectivity index (χ2v) is 5.86. The molecule has 0 radical (unpaired) electrons. The normalized spacial score (nSPS) is 10.1. The second kappa shape index (κ2) is 8.19. The number of hydrogen-bond donors (Lipinski definition) is 2. The van der Waals surface area contributed by atoms with Gasteiger partial charge in [-0.15, -0.1) is 0 Å². The van der Waals surface area contributed by atoms with Gasteiger partial charge in [-0.3, -0.25) is 9.59 Å². The lowest BCUT2D eigenvalue weighted by molar-refractivity contribution is 0.0964. The number of nitrogens with one attached hydrogen (secondary N) is 2. The van der Waals surface area contributed by atoms with Crippen LogP contribution < -0.4 is 15.4 Å². The average molecular weight is 360 g/mol. The third-order valence-corrected chi connectivity index (χ3v) is 4.20. The summed E-state index contributed by atoms with van der Waals surface area (Å²) in [6.45, 7) is 0. The molecular weight excluding hydrogens is 340 g/mol. The monoisotopic (exact) mass is 360 g/mol. The van der Waals surface area contributed by atoms with E-state index in [9.17, 15) is 9.59 Å². The Bertz CT molecular complexity index is 968. The molecule has 0 bridgehead atoms. The third kappa shape index (κ3) is 3.98. The van der Waals surface area contributed by atoms with Gasteiger partial charge in [0.15, 0.2) is 0 Å². The Labute approximate surface area is 158 Å². The van der Waals surface area contributed by atoms with Crippen molar-refractivity contribution in [2.75, 3.05) is 19.5 Å². The zero-order valence-corrected chi connectivity index (χ0v) is 15.2. The van der Waals surface area contributed by atoms with Gasteiger partial charge in [0, 0.05) is 7.05 Å². The maximum atomic E-state index is 12.9. The van der Waals surface area contributed by atoms with E-state index < -0.39 is 0 Å². The molecule has 0 saturated heterocycles. The molecule has 0 fully saturated rings. The Morgan fingerprint density at radius 2 is 1.48 bits per heavy atom. The van der Waals surface area contributed by atoms with Gasteiger partial charge in [0.1, 0.15) is 5.75 Å². The van der Waals surface area contributed by atoms with Crippen LogP contribution in [-0.2, 0) is 0 Å². The Balaban J connectivity index is 1.96. The molecule has 27 heavy (non-hydrogen) atoms. The molecule has 5 heteroatoms. The first-order valence-electron chi connectivity index (χ1n) is 8.50. The molecule has 0 aliphatic heterocycles. The van der Waals surface area contributed by atoms with E-state index in [1.165, 1.54) is 7.11 Å². The number of para-hydroxylation sites is 1. The zero-order chi connectivity index (χ0) is 19.2. The molecule has 0 saturated carbocycles. The summed E-state index contributed by atoms with van der Waals surface area (Å²) in [5, 5.41) is 5.39. The molecule has 5 nitrogen and oxygen atoms in total. The van der Waals surface area contributed by atoms with Crippen molar-refractivity contribution in [1.82, 2.24) is 5.32 Å². The minimum Gasteiger partial charge on any atom is -0.496 e. The number of amides is 2. The van der Waals surface area contributed by atoms with E-state index in [-0.39, 0.29) is 11.8 Å². The van der Waals surface area contributed by atoms with Crippen LogP contribution in [0.15, 0.2) is 72.8 Å². The Kier molecular flexibility index (Phi) is 5.52. The lowest BCUT2D eigenvalue weighted by Crippen LogP contribution is -2.21. The molecule has 0 atom stereocenters. The highest BCUT2D eigenvalue weighted by molar-refractivity contribution is 6.10. The van der Waals surface area contributed by atoms with Gasteiger partial charge in [-0.2, -0.15) is 0 Å². The lowest BCUT2D eigenvalue weighted by Gasteiger charge is -2.13. The topological polar surface area (TPSA) is 67.4 Å². The zero-order valence-electron chi connectivity index (χ0n) is 15.2. The Morgan fingerprint density at radius 3 is 2.19 bits per heavy atom. The predicted molar refractivity (Wildman–Crippen MR) is 106 cm³/mol. The van der Waals surface area contributed by atoms with Crippen LogP contribution in [0.3, 0.4) is 0 Å². The quantitative estimate of drug-likeness (QED) is 0.723. The average Bonchev–Trinajstić information content (AvgIpc) is 2.73.